The zero-order valence-corrected chi connectivity index (χ0v) is 18.6. The minimum absolute atomic E-state index is 0.571. The standard InChI is InChI=1S/C24H25N7O2/c1-32-23-12-11-18(15-24(23)33-2)13-14-29(16-30-21-9-5-3-7-19(21)25-27-30)17-31-22-10-6-4-8-20(22)26-28-31/h3-12,15H,13-14,16-17H2,1-2H3. The Kier molecular flexibility index (Phi) is 5.86. The average molecular weight is 444 g/mol. The Bertz CT molecular complexity index is 1300. The zero-order valence-electron chi connectivity index (χ0n) is 18.6. The summed E-state index contributed by atoms with van der Waals surface area (Å²) in [7, 11) is 3.30. The van der Waals surface area contributed by atoms with Crippen molar-refractivity contribution in [1.82, 2.24) is 34.9 Å². The number of fused-ring (bicyclic) bond motifs is 2. The molecule has 0 saturated carbocycles. The molecule has 3 aromatic carbocycles. The first-order valence-electron chi connectivity index (χ1n) is 10.7. The fraction of sp³-hybridized carbons (Fsp3) is 0.250. The van der Waals surface area contributed by atoms with E-state index in [1.54, 1.807) is 14.2 Å². The van der Waals surface area contributed by atoms with Crippen molar-refractivity contribution in [1.29, 1.82) is 0 Å². The highest BCUT2D eigenvalue weighted by Crippen LogP contribution is 2.27. The third kappa shape index (κ3) is 4.35. The maximum atomic E-state index is 5.47. The van der Waals surface area contributed by atoms with Crippen LogP contribution >= 0.6 is 0 Å². The maximum absolute atomic E-state index is 5.47. The molecule has 5 rings (SSSR count). The summed E-state index contributed by atoms with van der Waals surface area (Å²) < 4.78 is 14.7. The van der Waals surface area contributed by atoms with Crippen LogP contribution in [0.2, 0.25) is 0 Å². The molecule has 0 N–H and O–H groups in total. The monoisotopic (exact) mass is 443 g/mol. The molecule has 0 aliphatic rings. The van der Waals surface area contributed by atoms with E-state index in [9.17, 15) is 0 Å². The zero-order chi connectivity index (χ0) is 22.6. The summed E-state index contributed by atoms with van der Waals surface area (Å²) in [4.78, 5) is 2.28. The molecule has 0 aliphatic carbocycles. The van der Waals surface area contributed by atoms with Crippen molar-refractivity contribution in [3.63, 3.8) is 0 Å². The first kappa shape index (κ1) is 20.9. The summed E-state index contributed by atoms with van der Waals surface area (Å²) in [5.74, 6) is 1.45. The Morgan fingerprint density at radius 1 is 0.727 bits per heavy atom. The average Bonchev–Trinajstić information content (AvgIpc) is 3.46. The highest BCUT2D eigenvalue weighted by molar-refractivity contribution is 5.74. The van der Waals surface area contributed by atoms with E-state index in [-0.39, 0.29) is 0 Å². The molecule has 9 heteroatoms. The molecule has 2 aromatic heterocycles. The van der Waals surface area contributed by atoms with Crippen molar-refractivity contribution in [2.24, 2.45) is 0 Å². The minimum Gasteiger partial charge on any atom is -0.493 e. The van der Waals surface area contributed by atoms with Crippen molar-refractivity contribution < 1.29 is 9.47 Å². The van der Waals surface area contributed by atoms with Gasteiger partial charge in [-0.25, -0.2) is 9.36 Å². The van der Waals surface area contributed by atoms with Gasteiger partial charge in [-0.1, -0.05) is 40.8 Å². The van der Waals surface area contributed by atoms with Crippen LogP contribution in [0.5, 0.6) is 11.5 Å². The maximum Gasteiger partial charge on any atom is 0.160 e. The summed E-state index contributed by atoms with van der Waals surface area (Å²) in [6.45, 7) is 1.92. The Morgan fingerprint density at radius 2 is 1.30 bits per heavy atom. The molecular formula is C24H25N7O2. The van der Waals surface area contributed by atoms with Crippen LogP contribution in [-0.2, 0) is 19.8 Å². The van der Waals surface area contributed by atoms with Crippen LogP contribution in [-0.4, -0.2) is 55.7 Å². The molecule has 0 aliphatic heterocycles. The highest BCUT2D eigenvalue weighted by Gasteiger charge is 2.14. The van der Waals surface area contributed by atoms with Gasteiger partial charge in [-0.05, 0) is 48.4 Å². The third-order valence-corrected chi connectivity index (χ3v) is 5.67. The van der Waals surface area contributed by atoms with Gasteiger partial charge >= 0.3 is 0 Å². The van der Waals surface area contributed by atoms with Gasteiger partial charge in [-0.15, -0.1) is 10.2 Å². The lowest BCUT2D eigenvalue weighted by molar-refractivity contribution is 0.158. The van der Waals surface area contributed by atoms with Gasteiger partial charge in [0.2, 0.25) is 0 Å². The number of nitrogens with zero attached hydrogens (tertiary/aromatic N) is 7. The number of para-hydroxylation sites is 2. The molecule has 33 heavy (non-hydrogen) atoms. The smallest absolute Gasteiger partial charge is 0.160 e. The first-order chi connectivity index (χ1) is 16.2. The van der Waals surface area contributed by atoms with Crippen LogP contribution in [0.1, 0.15) is 5.56 Å². The normalized spacial score (nSPS) is 11.5. The lowest BCUT2D eigenvalue weighted by Crippen LogP contribution is -2.31. The van der Waals surface area contributed by atoms with Gasteiger partial charge in [0.15, 0.2) is 11.5 Å². The van der Waals surface area contributed by atoms with Crippen molar-refractivity contribution in [2.75, 3.05) is 20.8 Å². The summed E-state index contributed by atoms with van der Waals surface area (Å²) in [6.07, 6.45) is 0.819. The quantitative estimate of drug-likeness (QED) is 0.345. The number of benzene rings is 3. The Labute approximate surface area is 191 Å². The van der Waals surface area contributed by atoms with Crippen LogP contribution in [0.15, 0.2) is 66.7 Å². The first-order valence-corrected chi connectivity index (χ1v) is 10.7. The van der Waals surface area contributed by atoms with E-state index in [0.717, 1.165) is 52.1 Å². The predicted octanol–water partition coefficient (Wildman–Crippen LogP) is 3.35. The van der Waals surface area contributed by atoms with Crippen molar-refractivity contribution in [2.45, 2.75) is 19.8 Å². The van der Waals surface area contributed by atoms with Crippen molar-refractivity contribution in [3.8, 4) is 11.5 Å². The molecule has 168 valence electrons. The molecule has 9 nitrogen and oxygen atoms in total. The minimum atomic E-state index is 0.571. The second kappa shape index (κ2) is 9.25. The Hall–Kier alpha value is -3.98. The summed E-state index contributed by atoms with van der Waals surface area (Å²) in [5.41, 5.74) is 4.91. The molecule has 2 heterocycles. The summed E-state index contributed by atoms with van der Waals surface area (Å²) in [5, 5.41) is 17.3. The Morgan fingerprint density at radius 3 is 1.88 bits per heavy atom. The second-order valence-corrected chi connectivity index (χ2v) is 7.77. The fourth-order valence-corrected chi connectivity index (χ4v) is 3.93. The largest absolute Gasteiger partial charge is 0.493 e. The topological polar surface area (TPSA) is 83.1 Å². The van der Waals surface area contributed by atoms with Crippen molar-refractivity contribution in [3.05, 3.63) is 72.3 Å². The van der Waals surface area contributed by atoms with E-state index in [1.807, 2.05) is 70.0 Å². The van der Waals surface area contributed by atoms with E-state index in [2.05, 4.69) is 31.6 Å². The number of hydrogen-bond donors (Lipinski definition) is 0. The highest BCUT2D eigenvalue weighted by atomic mass is 16.5. The number of hydrogen-bond acceptors (Lipinski definition) is 7. The van der Waals surface area contributed by atoms with Gasteiger partial charge in [0.05, 0.1) is 38.6 Å². The molecule has 0 saturated heterocycles. The molecule has 5 aromatic rings. The van der Waals surface area contributed by atoms with E-state index >= 15 is 0 Å². The van der Waals surface area contributed by atoms with Crippen LogP contribution < -0.4 is 9.47 Å². The molecule has 0 fully saturated rings. The number of rotatable bonds is 9. The molecule has 0 spiro atoms. The van der Waals surface area contributed by atoms with Crippen LogP contribution in [0.25, 0.3) is 22.1 Å². The molecule has 0 bridgehead atoms. The SMILES string of the molecule is COc1ccc(CCN(Cn2nnc3ccccc32)Cn2nnc3ccccc32)cc1OC. The van der Waals surface area contributed by atoms with E-state index in [0.29, 0.717) is 13.3 Å². The third-order valence-electron chi connectivity index (χ3n) is 5.67. The molecule has 0 amide bonds. The van der Waals surface area contributed by atoms with Gasteiger partial charge in [0.25, 0.3) is 0 Å². The van der Waals surface area contributed by atoms with Crippen LogP contribution in [0.4, 0.5) is 0 Å². The summed E-state index contributed by atoms with van der Waals surface area (Å²) in [6, 6.07) is 22.0. The van der Waals surface area contributed by atoms with Gasteiger partial charge < -0.3 is 9.47 Å². The summed E-state index contributed by atoms with van der Waals surface area (Å²) >= 11 is 0. The van der Waals surface area contributed by atoms with Gasteiger partial charge in [-0.2, -0.15) is 0 Å². The van der Waals surface area contributed by atoms with E-state index in [1.165, 1.54) is 0 Å². The molecule has 0 radical (unpaired) electrons. The number of ether oxygens (including phenoxy) is 2. The molecule has 0 atom stereocenters. The molecular weight excluding hydrogens is 418 g/mol. The van der Waals surface area contributed by atoms with Gasteiger partial charge in [0.1, 0.15) is 11.0 Å². The van der Waals surface area contributed by atoms with Gasteiger partial charge in [-0.3, -0.25) is 4.90 Å². The lowest BCUT2D eigenvalue weighted by Gasteiger charge is -2.22. The van der Waals surface area contributed by atoms with Crippen LogP contribution in [0, 0.1) is 0 Å². The predicted molar refractivity (Wildman–Crippen MR) is 125 cm³/mol. The number of methoxy groups -OCH3 is 2. The second-order valence-electron chi connectivity index (χ2n) is 7.77. The molecule has 0 unspecified atom stereocenters. The van der Waals surface area contributed by atoms with Crippen molar-refractivity contribution >= 4 is 22.1 Å². The lowest BCUT2D eigenvalue weighted by atomic mass is 10.1. The van der Waals surface area contributed by atoms with Gasteiger partial charge in [0, 0.05) is 6.54 Å². The Balaban J connectivity index is 1.40. The van der Waals surface area contributed by atoms with E-state index < -0.39 is 0 Å². The van der Waals surface area contributed by atoms with E-state index in [4.69, 9.17) is 9.47 Å². The van der Waals surface area contributed by atoms with Crippen LogP contribution in [0.3, 0.4) is 0 Å². The number of aromatic nitrogens is 6. The fourth-order valence-electron chi connectivity index (χ4n) is 3.93.